The fraction of sp³-hybridized carbons (Fsp3) is 0.600. The molecule has 0 bridgehead atoms. The molecule has 1 fully saturated rings. The third kappa shape index (κ3) is 8.04. The van der Waals surface area contributed by atoms with Crippen molar-refractivity contribution in [3.8, 4) is 0 Å². The minimum absolute atomic E-state index is 0. The van der Waals surface area contributed by atoms with Gasteiger partial charge in [-0.25, -0.2) is 4.99 Å². The van der Waals surface area contributed by atoms with E-state index in [9.17, 15) is 4.79 Å². The summed E-state index contributed by atoms with van der Waals surface area (Å²) in [6.07, 6.45) is 4.76. The van der Waals surface area contributed by atoms with Crippen LogP contribution < -0.4 is 10.6 Å². The highest BCUT2D eigenvalue weighted by atomic mass is 127. The van der Waals surface area contributed by atoms with Crippen molar-refractivity contribution in [3.63, 3.8) is 0 Å². The lowest BCUT2D eigenvalue weighted by Gasteiger charge is -2.42. The van der Waals surface area contributed by atoms with Gasteiger partial charge in [-0.3, -0.25) is 4.79 Å². The third-order valence-electron chi connectivity index (χ3n) is 5.05. The van der Waals surface area contributed by atoms with Crippen molar-refractivity contribution >= 4 is 35.8 Å². The zero-order valence-corrected chi connectivity index (χ0v) is 19.0. The van der Waals surface area contributed by atoms with Crippen molar-refractivity contribution in [2.75, 3.05) is 40.9 Å². The van der Waals surface area contributed by atoms with Gasteiger partial charge < -0.3 is 20.3 Å². The molecule has 6 nitrogen and oxygen atoms in total. The predicted octanol–water partition coefficient (Wildman–Crippen LogP) is 2.63. The quantitative estimate of drug-likeness (QED) is 0.319. The number of nitrogens with zero attached hydrogens (tertiary/aromatic N) is 2. The van der Waals surface area contributed by atoms with Crippen LogP contribution in [0.2, 0.25) is 0 Å². The molecule has 0 aromatic heterocycles. The first-order valence-electron chi connectivity index (χ1n) is 9.30. The number of likely N-dealkylation sites (N-methyl/N-ethyl adjacent to an activating group) is 1. The lowest BCUT2D eigenvalue weighted by atomic mass is 9.67. The summed E-state index contributed by atoms with van der Waals surface area (Å²) >= 11 is 0. The van der Waals surface area contributed by atoms with Gasteiger partial charge in [-0.2, -0.15) is 0 Å². The summed E-state index contributed by atoms with van der Waals surface area (Å²) in [7, 11) is 5.26. The lowest BCUT2D eigenvalue weighted by Crippen LogP contribution is -2.48. The molecule has 0 saturated heterocycles. The molecular formula is C20H33IN4O2. The summed E-state index contributed by atoms with van der Waals surface area (Å²) in [6.45, 7) is 2.45. The second-order valence-electron chi connectivity index (χ2n) is 7.24. The number of aliphatic imine (C=N–C) groups is 1. The van der Waals surface area contributed by atoms with Gasteiger partial charge in [0.1, 0.15) is 0 Å². The van der Waals surface area contributed by atoms with Gasteiger partial charge in [-0.1, -0.05) is 36.8 Å². The zero-order valence-electron chi connectivity index (χ0n) is 16.7. The normalized spacial score (nSPS) is 15.3. The number of benzene rings is 1. The second-order valence-corrected chi connectivity index (χ2v) is 7.24. The zero-order chi connectivity index (χ0) is 18.8. The second kappa shape index (κ2) is 12.2. The first-order valence-corrected chi connectivity index (χ1v) is 9.30. The van der Waals surface area contributed by atoms with Crippen LogP contribution in [0, 0.1) is 5.41 Å². The molecule has 1 aromatic carbocycles. The molecule has 1 amide bonds. The number of carbonyl (C=O) groups excluding carboxylic acids is 1. The number of ether oxygens (including phenoxy) is 1. The first kappa shape index (κ1) is 23.7. The van der Waals surface area contributed by atoms with E-state index in [2.05, 4.69) is 27.8 Å². The average Bonchev–Trinajstić information content (AvgIpc) is 2.62. The van der Waals surface area contributed by atoms with Gasteiger partial charge >= 0.3 is 0 Å². The van der Waals surface area contributed by atoms with Gasteiger partial charge in [0, 0.05) is 34.4 Å². The van der Waals surface area contributed by atoms with Crippen LogP contribution in [0.15, 0.2) is 35.3 Å². The van der Waals surface area contributed by atoms with Crippen molar-refractivity contribution in [1.29, 1.82) is 0 Å². The topological polar surface area (TPSA) is 66.0 Å². The molecule has 0 spiro atoms. The lowest BCUT2D eigenvalue weighted by molar-refractivity contribution is -0.127. The summed E-state index contributed by atoms with van der Waals surface area (Å²) in [6, 6.07) is 10.1. The largest absolute Gasteiger partial charge is 0.385 e. The van der Waals surface area contributed by atoms with Crippen LogP contribution in [-0.4, -0.2) is 57.7 Å². The van der Waals surface area contributed by atoms with Crippen LogP contribution in [0.4, 0.5) is 0 Å². The Morgan fingerprint density at radius 2 is 1.93 bits per heavy atom. The third-order valence-corrected chi connectivity index (χ3v) is 5.05. The molecule has 2 N–H and O–H groups in total. The Kier molecular flexibility index (Phi) is 10.7. The van der Waals surface area contributed by atoms with E-state index in [1.807, 2.05) is 18.2 Å². The van der Waals surface area contributed by atoms with Crippen molar-refractivity contribution < 1.29 is 9.53 Å². The molecule has 1 saturated carbocycles. The molecule has 0 unspecified atom stereocenters. The van der Waals surface area contributed by atoms with Crippen molar-refractivity contribution in [2.24, 2.45) is 10.4 Å². The van der Waals surface area contributed by atoms with Crippen LogP contribution in [0.25, 0.3) is 0 Å². The Hall–Kier alpha value is -1.35. The highest BCUT2D eigenvalue weighted by Crippen LogP contribution is 2.43. The minimum atomic E-state index is 0. The number of rotatable bonds is 9. The van der Waals surface area contributed by atoms with E-state index < -0.39 is 0 Å². The van der Waals surface area contributed by atoms with Crippen LogP contribution in [0.5, 0.6) is 0 Å². The SMILES string of the molecule is COCCC1(CNC(=NCc2ccccc2)NCC(=O)N(C)C)CCC1.I. The van der Waals surface area contributed by atoms with E-state index >= 15 is 0 Å². The maximum Gasteiger partial charge on any atom is 0.241 e. The predicted molar refractivity (Wildman–Crippen MR) is 120 cm³/mol. The summed E-state index contributed by atoms with van der Waals surface area (Å²) in [5.41, 5.74) is 1.43. The maximum atomic E-state index is 11.9. The molecule has 0 aliphatic heterocycles. The van der Waals surface area contributed by atoms with E-state index in [0.717, 1.165) is 25.1 Å². The molecule has 0 radical (unpaired) electrons. The molecule has 0 heterocycles. The molecule has 1 aromatic rings. The van der Waals surface area contributed by atoms with Crippen LogP contribution in [0.3, 0.4) is 0 Å². The van der Waals surface area contributed by atoms with Crippen LogP contribution >= 0.6 is 24.0 Å². The number of carbonyl (C=O) groups is 1. The number of halogens is 1. The van der Waals surface area contributed by atoms with Gasteiger partial charge in [-0.15, -0.1) is 24.0 Å². The molecule has 0 atom stereocenters. The summed E-state index contributed by atoms with van der Waals surface area (Å²) in [4.78, 5) is 18.1. The molecule has 7 heteroatoms. The number of guanidine groups is 1. The van der Waals surface area contributed by atoms with Crippen molar-refractivity contribution in [2.45, 2.75) is 32.2 Å². The van der Waals surface area contributed by atoms with Gasteiger partial charge in [0.2, 0.25) is 5.91 Å². The van der Waals surface area contributed by atoms with E-state index in [-0.39, 0.29) is 41.8 Å². The number of hydrogen-bond acceptors (Lipinski definition) is 3. The molecule has 152 valence electrons. The summed E-state index contributed by atoms with van der Waals surface area (Å²) < 4.78 is 5.27. The highest BCUT2D eigenvalue weighted by molar-refractivity contribution is 14.0. The summed E-state index contributed by atoms with van der Waals surface area (Å²) in [5, 5.41) is 6.61. The Labute approximate surface area is 180 Å². The molecule has 1 aliphatic rings. The van der Waals surface area contributed by atoms with Crippen molar-refractivity contribution in [1.82, 2.24) is 15.5 Å². The first-order chi connectivity index (χ1) is 12.5. The number of nitrogens with one attached hydrogen (secondary N) is 2. The van der Waals surface area contributed by atoms with Crippen LogP contribution in [-0.2, 0) is 16.1 Å². The minimum Gasteiger partial charge on any atom is -0.385 e. The fourth-order valence-electron chi connectivity index (χ4n) is 3.03. The smallest absolute Gasteiger partial charge is 0.241 e. The number of amides is 1. The Balaban J connectivity index is 0.00000364. The monoisotopic (exact) mass is 488 g/mol. The fourth-order valence-corrected chi connectivity index (χ4v) is 3.03. The average molecular weight is 488 g/mol. The molecule has 2 rings (SSSR count). The van der Waals surface area contributed by atoms with Gasteiger partial charge in [-0.05, 0) is 30.2 Å². The van der Waals surface area contributed by atoms with Crippen LogP contribution in [0.1, 0.15) is 31.2 Å². The Bertz CT molecular complexity index is 589. The van der Waals surface area contributed by atoms with E-state index in [1.165, 1.54) is 19.3 Å². The number of methoxy groups -OCH3 is 1. The Morgan fingerprint density at radius 1 is 1.22 bits per heavy atom. The molecule has 27 heavy (non-hydrogen) atoms. The van der Waals surface area contributed by atoms with Gasteiger partial charge in [0.25, 0.3) is 0 Å². The van der Waals surface area contributed by atoms with E-state index in [1.54, 1.807) is 26.1 Å². The molecular weight excluding hydrogens is 455 g/mol. The van der Waals surface area contributed by atoms with Gasteiger partial charge in [0.05, 0.1) is 13.1 Å². The summed E-state index contributed by atoms with van der Waals surface area (Å²) in [5.74, 6) is 0.713. The van der Waals surface area contributed by atoms with Gasteiger partial charge in [0.15, 0.2) is 5.96 Å². The van der Waals surface area contributed by atoms with E-state index in [0.29, 0.717) is 12.5 Å². The van der Waals surface area contributed by atoms with Crippen molar-refractivity contribution in [3.05, 3.63) is 35.9 Å². The van der Waals surface area contributed by atoms with E-state index in [4.69, 9.17) is 4.74 Å². The molecule has 1 aliphatic carbocycles. The highest BCUT2D eigenvalue weighted by Gasteiger charge is 2.36. The maximum absolute atomic E-state index is 11.9. The number of hydrogen-bond donors (Lipinski definition) is 2. The standard InChI is InChI=1S/C20H32N4O2.HI/c1-24(2)18(25)15-22-19(21-14-17-8-5-4-6-9-17)23-16-20(10-7-11-20)12-13-26-3;/h4-6,8-9H,7,10-16H2,1-3H3,(H2,21,22,23);1H. The Morgan fingerprint density at radius 3 is 2.48 bits per heavy atom.